The fourth-order valence-corrected chi connectivity index (χ4v) is 4.43. The first-order valence-electron chi connectivity index (χ1n) is 12.2. The molecule has 1 rings (SSSR count). The number of rotatable bonds is 16. The molecule has 3 heteroatoms. The zero-order chi connectivity index (χ0) is 19.7. The maximum atomic E-state index is 12.6. The fourth-order valence-electron chi connectivity index (χ4n) is 4.43. The predicted molar refractivity (Wildman–Crippen MR) is 118 cm³/mol. The molecule has 1 amide bonds. The number of hydrogen-bond acceptors (Lipinski definition) is 2. The molecule has 0 N–H and O–H groups in total. The molecule has 27 heavy (non-hydrogen) atoms. The van der Waals surface area contributed by atoms with E-state index >= 15 is 0 Å². The van der Waals surface area contributed by atoms with Crippen LogP contribution in [0.3, 0.4) is 0 Å². The Balaban J connectivity index is 1.99. The minimum atomic E-state index is 0.246. The first-order valence-corrected chi connectivity index (χ1v) is 12.2. The summed E-state index contributed by atoms with van der Waals surface area (Å²) in [6.45, 7) is 11.6. The van der Waals surface area contributed by atoms with E-state index < -0.39 is 0 Å². The van der Waals surface area contributed by atoms with E-state index in [4.69, 9.17) is 0 Å². The third kappa shape index (κ3) is 11.1. The second-order valence-electron chi connectivity index (χ2n) is 8.54. The van der Waals surface area contributed by atoms with E-state index in [1.165, 1.54) is 96.6 Å². The van der Waals surface area contributed by atoms with E-state index in [0.717, 1.165) is 26.1 Å². The second-order valence-corrected chi connectivity index (χ2v) is 8.54. The van der Waals surface area contributed by atoms with Crippen LogP contribution in [0.2, 0.25) is 0 Å². The summed E-state index contributed by atoms with van der Waals surface area (Å²) < 4.78 is 0. The summed E-state index contributed by atoms with van der Waals surface area (Å²) in [5.41, 5.74) is 0. The van der Waals surface area contributed by atoms with Gasteiger partial charge in [-0.25, -0.2) is 0 Å². The Morgan fingerprint density at radius 1 is 0.815 bits per heavy atom. The van der Waals surface area contributed by atoms with Crippen molar-refractivity contribution < 1.29 is 4.79 Å². The molecular formula is C24H48N2O. The second kappa shape index (κ2) is 16.4. The lowest BCUT2D eigenvalue weighted by Gasteiger charge is -2.34. The van der Waals surface area contributed by atoms with Gasteiger partial charge in [-0.05, 0) is 46.2 Å². The molecule has 1 atom stereocenters. The number of carbonyl (C=O) groups excluding carboxylic acids is 1. The summed E-state index contributed by atoms with van der Waals surface area (Å²) in [6.07, 6.45) is 19.2. The van der Waals surface area contributed by atoms with Gasteiger partial charge < -0.3 is 9.80 Å². The van der Waals surface area contributed by atoms with Gasteiger partial charge in [0.2, 0.25) is 5.91 Å². The lowest BCUT2D eigenvalue weighted by molar-refractivity contribution is -0.137. The molecule has 0 radical (unpaired) electrons. The van der Waals surface area contributed by atoms with Gasteiger partial charge in [0.25, 0.3) is 0 Å². The Hall–Kier alpha value is -0.570. The molecule has 1 aliphatic rings. The molecule has 0 aromatic rings. The molecule has 0 spiro atoms. The van der Waals surface area contributed by atoms with Crippen LogP contribution in [-0.2, 0) is 4.79 Å². The van der Waals surface area contributed by atoms with Crippen LogP contribution in [0.1, 0.15) is 111 Å². The van der Waals surface area contributed by atoms with Crippen molar-refractivity contribution in [1.82, 2.24) is 9.80 Å². The van der Waals surface area contributed by atoms with E-state index in [1.807, 2.05) is 4.90 Å². The molecule has 0 bridgehead atoms. The lowest BCUT2D eigenvalue weighted by Crippen LogP contribution is -2.45. The van der Waals surface area contributed by atoms with Crippen molar-refractivity contribution in [1.29, 1.82) is 0 Å². The van der Waals surface area contributed by atoms with Gasteiger partial charge >= 0.3 is 0 Å². The van der Waals surface area contributed by atoms with Gasteiger partial charge in [0.15, 0.2) is 0 Å². The molecule has 0 aromatic heterocycles. The normalized spacial score (nSPS) is 18.0. The maximum absolute atomic E-state index is 12.6. The molecule has 0 saturated carbocycles. The van der Waals surface area contributed by atoms with Crippen LogP contribution in [0, 0.1) is 5.92 Å². The summed E-state index contributed by atoms with van der Waals surface area (Å²) in [5, 5.41) is 0. The third-order valence-corrected chi connectivity index (χ3v) is 6.26. The molecule has 1 heterocycles. The average Bonchev–Trinajstić information content (AvgIpc) is 2.70. The molecular weight excluding hydrogens is 332 g/mol. The first kappa shape index (κ1) is 24.5. The highest BCUT2D eigenvalue weighted by molar-refractivity contribution is 5.79. The van der Waals surface area contributed by atoms with Crippen LogP contribution in [0.5, 0.6) is 0 Å². The molecule has 0 aromatic carbocycles. The fraction of sp³-hybridized carbons (Fsp3) is 0.958. The number of nitrogens with zero attached hydrogens (tertiary/aromatic N) is 2. The summed E-state index contributed by atoms with van der Waals surface area (Å²) in [5.74, 6) is 0.635. The van der Waals surface area contributed by atoms with E-state index in [2.05, 4.69) is 25.7 Å². The molecule has 1 unspecified atom stereocenters. The molecule has 1 aliphatic heterocycles. The van der Waals surface area contributed by atoms with Gasteiger partial charge in [-0.3, -0.25) is 4.79 Å². The van der Waals surface area contributed by atoms with E-state index in [1.54, 1.807) is 0 Å². The van der Waals surface area contributed by atoms with Gasteiger partial charge in [-0.1, -0.05) is 77.6 Å². The zero-order valence-corrected chi connectivity index (χ0v) is 18.8. The minimum Gasteiger partial charge on any atom is -0.343 e. The van der Waals surface area contributed by atoms with Gasteiger partial charge in [-0.2, -0.15) is 0 Å². The predicted octanol–water partition coefficient (Wildman–Crippen LogP) is 6.27. The minimum absolute atomic E-state index is 0.246. The summed E-state index contributed by atoms with van der Waals surface area (Å²) in [7, 11) is 0. The van der Waals surface area contributed by atoms with Crippen molar-refractivity contribution >= 4 is 5.91 Å². The van der Waals surface area contributed by atoms with E-state index in [9.17, 15) is 4.79 Å². The summed E-state index contributed by atoms with van der Waals surface area (Å²) in [6, 6.07) is 0. The highest BCUT2D eigenvalue weighted by Crippen LogP contribution is 2.20. The van der Waals surface area contributed by atoms with Crippen molar-refractivity contribution in [2.75, 3.05) is 32.7 Å². The third-order valence-electron chi connectivity index (χ3n) is 6.26. The highest BCUT2D eigenvalue weighted by atomic mass is 16.2. The zero-order valence-electron chi connectivity index (χ0n) is 18.8. The molecule has 1 saturated heterocycles. The van der Waals surface area contributed by atoms with Crippen LogP contribution in [0.15, 0.2) is 0 Å². The Morgan fingerprint density at radius 2 is 1.33 bits per heavy atom. The molecule has 0 aliphatic carbocycles. The van der Waals surface area contributed by atoms with Crippen molar-refractivity contribution in [3.05, 3.63) is 0 Å². The van der Waals surface area contributed by atoms with Crippen molar-refractivity contribution in [2.45, 2.75) is 111 Å². The van der Waals surface area contributed by atoms with Crippen LogP contribution < -0.4 is 0 Å². The highest BCUT2D eigenvalue weighted by Gasteiger charge is 2.27. The maximum Gasteiger partial charge on any atom is 0.226 e. The molecule has 3 nitrogen and oxygen atoms in total. The van der Waals surface area contributed by atoms with Crippen LogP contribution in [0.4, 0.5) is 0 Å². The number of amides is 1. The number of unbranched alkanes of at least 4 members (excludes halogenated alkanes) is 11. The number of hydrogen-bond donors (Lipinski definition) is 0. The Bertz CT molecular complexity index is 354. The van der Waals surface area contributed by atoms with E-state index in [0.29, 0.717) is 5.91 Å². The summed E-state index contributed by atoms with van der Waals surface area (Å²) >= 11 is 0. The van der Waals surface area contributed by atoms with Gasteiger partial charge in [0, 0.05) is 19.6 Å². The van der Waals surface area contributed by atoms with Crippen LogP contribution in [0.25, 0.3) is 0 Å². The molecule has 160 valence electrons. The number of likely N-dealkylation sites (tertiary alicyclic amines) is 1. The number of piperidine rings is 1. The summed E-state index contributed by atoms with van der Waals surface area (Å²) in [4.78, 5) is 17.1. The average molecular weight is 381 g/mol. The quantitative estimate of drug-likeness (QED) is 0.295. The van der Waals surface area contributed by atoms with Crippen molar-refractivity contribution in [3.63, 3.8) is 0 Å². The largest absolute Gasteiger partial charge is 0.343 e. The van der Waals surface area contributed by atoms with Crippen molar-refractivity contribution in [3.8, 4) is 0 Å². The Kier molecular flexibility index (Phi) is 14.9. The van der Waals surface area contributed by atoms with Crippen LogP contribution in [-0.4, -0.2) is 48.4 Å². The van der Waals surface area contributed by atoms with E-state index in [-0.39, 0.29) is 5.92 Å². The number of carbonyl (C=O) groups is 1. The van der Waals surface area contributed by atoms with Gasteiger partial charge in [0.05, 0.1) is 5.92 Å². The Morgan fingerprint density at radius 3 is 1.85 bits per heavy atom. The smallest absolute Gasteiger partial charge is 0.226 e. The lowest BCUT2D eigenvalue weighted by atomic mass is 9.96. The first-order chi connectivity index (χ1) is 13.2. The molecule has 1 fully saturated rings. The monoisotopic (exact) mass is 380 g/mol. The Labute approximate surface area is 170 Å². The van der Waals surface area contributed by atoms with Gasteiger partial charge in [0.1, 0.15) is 0 Å². The SMILES string of the molecule is CCCCCCCCCCCCCCN1CCCC(C(=O)N(CC)CC)C1. The topological polar surface area (TPSA) is 23.6 Å². The van der Waals surface area contributed by atoms with Gasteiger partial charge in [-0.15, -0.1) is 0 Å². The standard InChI is InChI=1S/C24H48N2O/c1-4-7-8-9-10-11-12-13-14-15-16-17-20-25-21-18-19-23(22-25)24(27)26(5-2)6-3/h23H,4-22H2,1-3H3. The van der Waals surface area contributed by atoms with Crippen molar-refractivity contribution in [2.24, 2.45) is 5.92 Å². The van der Waals surface area contributed by atoms with Crippen LogP contribution >= 0.6 is 0 Å².